The summed E-state index contributed by atoms with van der Waals surface area (Å²) in [6, 6.07) is 9.03. The second kappa shape index (κ2) is 4.87. The van der Waals surface area contributed by atoms with Crippen molar-refractivity contribution >= 4 is 10.9 Å². The van der Waals surface area contributed by atoms with Gasteiger partial charge >= 0.3 is 6.18 Å². The van der Waals surface area contributed by atoms with Gasteiger partial charge < -0.3 is 10.1 Å². The summed E-state index contributed by atoms with van der Waals surface area (Å²) < 4.78 is 38.4. The summed E-state index contributed by atoms with van der Waals surface area (Å²) in [6.07, 6.45) is -4.61. The van der Waals surface area contributed by atoms with Gasteiger partial charge in [0.2, 0.25) is 0 Å². The van der Waals surface area contributed by atoms with Crippen LogP contribution in [0.2, 0.25) is 0 Å². The van der Waals surface area contributed by atoms with Gasteiger partial charge in [0.1, 0.15) is 11.6 Å². The normalized spacial score (nSPS) is 11.8. The quantitative estimate of drug-likeness (QED) is 0.725. The number of phenols is 1. The van der Waals surface area contributed by atoms with E-state index < -0.39 is 23.0 Å². The number of phenolic OH excluding ortho intramolecular Hbond substituents is 1. The van der Waals surface area contributed by atoms with Crippen LogP contribution >= 0.6 is 0 Å². The minimum absolute atomic E-state index is 0.0184. The Hall–Kier alpha value is -2.83. The summed E-state index contributed by atoms with van der Waals surface area (Å²) in [5.41, 5.74) is -1.14. The number of aromatic nitrogens is 2. The highest BCUT2D eigenvalue weighted by atomic mass is 19.4. The van der Waals surface area contributed by atoms with Crippen molar-refractivity contribution in [2.75, 3.05) is 0 Å². The summed E-state index contributed by atoms with van der Waals surface area (Å²) in [5, 5.41) is 9.82. The first kappa shape index (κ1) is 14.1. The van der Waals surface area contributed by atoms with Crippen molar-refractivity contribution in [3.63, 3.8) is 0 Å². The summed E-state index contributed by atoms with van der Waals surface area (Å²) in [4.78, 5) is 18.5. The van der Waals surface area contributed by atoms with E-state index in [0.29, 0.717) is 17.0 Å². The molecule has 112 valence electrons. The largest absolute Gasteiger partial charge is 0.508 e. The summed E-state index contributed by atoms with van der Waals surface area (Å²) in [5.74, 6) is -0.592. The Morgan fingerprint density at radius 1 is 1.09 bits per heavy atom. The molecule has 3 rings (SSSR count). The Morgan fingerprint density at radius 3 is 2.55 bits per heavy atom. The molecule has 0 saturated carbocycles. The fourth-order valence-corrected chi connectivity index (χ4v) is 2.13. The van der Waals surface area contributed by atoms with Crippen LogP contribution in [0.4, 0.5) is 13.2 Å². The number of para-hydroxylation sites is 1. The highest BCUT2D eigenvalue weighted by molar-refractivity contribution is 5.79. The molecule has 2 aromatic carbocycles. The number of benzene rings is 2. The predicted octanol–water partition coefficient (Wildman–Crippen LogP) is 3.31. The molecule has 0 spiro atoms. The summed E-state index contributed by atoms with van der Waals surface area (Å²) in [7, 11) is 0. The number of fused-ring (bicyclic) bond motifs is 1. The standard InChI is InChI=1S/C15H9F3N2O2/c16-15(17,18)9-5-8(6-10(21)7-9)13-19-12-4-2-1-3-11(12)14(22)20-13/h1-7,21H,(H,19,20,22). The number of nitrogens with one attached hydrogen (secondary N) is 1. The van der Waals surface area contributed by atoms with E-state index >= 15 is 0 Å². The molecule has 1 aromatic heterocycles. The monoisotopic (exact) mass is 306 g/mol. The molecular formula is C15H9F3N2O2. The van der Waals surface area contributed by atoms with E-state index in [0.717, 1.165) is 12.1 Å². The van der Waals surface area contributed by atoms with Gasteiger partial charge in [0, 0.05) is 5.56 Å². The number of aromatic hydroxyl groups is 1. The highest BCUT2D eigenvalue weighted by Crippen LogP contribution is 2.34. The lowest BCUT2D eigenvalue weighted by Crippen LogP contribution is -2.10. The molecule has 7 heteroatoms. The summed E-state index contributed by atoms with van der Waals surface area (Å²) in [6.45, 7) is 0. The van der Waals surface area contributed by atoms with Crippen LogP contribution in [0.5, 0.6) is 5.75 Å². The van der Waals surface area contributed by atoms with E-state index in [1.807, 2.05) is 0 Å². The van der Waals surface area contributed by atoms with E-state index in [2.05, 4.69) is 9.97 Å². The topological polar surface area (TPSA) is 66.0 Å². The van der Waals surface area contributed by atoms with Crippen LogP contribution in [0.3, 0.4) is 0 Å². The molecule has 0 unspecified atom stereocenters. The molecule has 0 amide bonds. The number of halogens is 3. The maximum absolute atomic E-state index is 12.8. The highest BCUT2D eigenvalue weighted by Gasteiger charge is 2.31. The van der Waals surface area contributed by atoms with Crippen molar-refractivity contribution in [3.8, 4) is 17.1 Å². The second-order valence-corrected chi connectivity index (χ2v) is 4.70. The molecular weight excluding hydrogens is 297 g/mol. The van der Waals surface area contributed by atoms with Gasteiger partial charge in [0.05, 0.1) is 16.5 Å². The smallest absolute Gasteiger partial charge is 0.416 e. The van der Waals surface area contributed by atoms with Crippen LogP contribution in [0.1, 0.15) is 5.56 Å². The lowest BCUT2D eigenvalue weighted by Gasteiger charge is -2.10. The Kier molecular flexibility index (Phi) is 3.13. The zero-order chi connectivity index (χ0) is 15.9. The van der Waals surface area contributed by atoms with Crippen molar-refractivity contribution in [1.82, 2.24) is 9.97 Å². The third-order valence-corrected chi connectivity index (χ3v) is 3.13. The average molecular weight is 306 g/mol. The minimum atomic E-state index is -4.61. The third kappa shape index (κ3) is 2.52. The maximum atomic E-state index is 12.8. The van der Waals surface area contributed by atoms with E-state index in [1.165, 1.54) is 0 Å². The van der Waals surface area contributed by atoms with Crippen molar-refractivity contribution in [2.24, 2.45) is 0 Å². The molecule has 0 fully saturated rings. The first-order valence-corrected chi connectivity index (χ1v) is 6.25. The number of rotatable bonds is 1. The van der Waals surface area contributed by atoms with Crippen molar-refractivity contribution in [2.45, 2.75) is 6.18 Å². The first-order valence-electron chi connectivity index (χ1n) is 6.25. The molecule has 0 aliphatic carbocycles. The van der Waals surface area contributed by atoms with Gasteiger partial charge in [-0.05, 0) is 30.3 Å². The van der Waals surface area contributed by atoms with Gasteiger partial charge in [-0.2, -0.15) is 13.2 Å². The molecule has 0 saturated heterocycles. The number of hydrogen-bond acceptors (Lipinski definition) is 3. The molecule has 22 heavy (non-hydrogen) atoms. The van der Waals surface area contributed by atoms with Crippen molar-refractivity contribution in [3.05, 3.63) is 58.4 Å². The van der Waals surface area contributed by atoms with E-state index in [9.17, 15) is 23.1 Å². The summed E-state index contributed by atoms with van der Waals surface area (Å²) >= 11 is 0. The molecule has 0 aliphatic rings. The number of nitrogens with zero attached hydrogens (tertiary/aromatic N) is 1. The average Bonchev–Trinajstić information content (AvgIpc) is 2.45. The molecule has 2 N–H and O–H groups in total. The van der Waals surface area contributed by atoms with Gasteiger partial charge in [0.25, 0.3) is 5.56 Å². The van der Waals surface area contributed by atoms with Crippen LogP contribution in [0.15, 0.2) is 47.3 Å². The van der Waals surface area contributed by atoms with Crippen molar-refractivity contribution in [1.29, 1.82) is 0 Å². The Bertz CT molecular complexity index is 917. The fraction of sp³-hybridized carbons (Fsp3) is 0.0667. The second-order valence-electron chi connectivity index (χ2n) is 4.70. The van der Waals surface area contributed by atoms with Crippen LogP contribution in [-0.4, -0.2) is 15.1 Å². The number of alkyl halides is 3. The molecule has 0 bridgehead atoms. The van der Waals surface area contributed by atoms with Gasteiger partial charge in [-0.1, -0.05) is 12.1 Å². The first-order chi connectivity index (χ1) is 10.3. The molecule has 0 aliphatic heterocycles. The van der Waals surface area contributed by atoms with Crippen LogP contribution in [-0.2, 0) is 6.18 Å². The van der Waals surface area contributed by atoms with Gasteiger partial charge in [-0.3, -0.25) is 4.79 Å². The number of H-pyrrole nitrogens is 1. The molecule has 1 heterocycles. The third-order valence-electron chi connectivity index (χ3n) is 3.13. The van der Waals surface area contributed by atoms with Gasteiger partial charge in [0.15, 0.2) is 0 Å². The minimum Gasteiger partial charge on any atom is -0.508 e. The molecule has 0 radical (unpaired) electrons. The lowest BCUT2D eigenvalue weighted by atomic mass is 10.1. The fourth-order valence-electron chi connectivity index (χ4n) is 2.13. The molecule has 4 nitrogen and oxygen atoms in total. The van der Waals surface area contributed by atoms with Crippen LogP contribution in [0.25, 0.3) is 22.3 Å². The maximum Gasteiger partial charge on any atom is 0.416 e. The van der Waals surface area contributed by atoms with Gasteiger partial charge in [-0.25, -0.2) is 4.98 Å². The SMILES string of the molecule is O=c1[nH]c(-c2cc(O)cc(C(F)(F)F)c2)nc2ccccc12. The zero-order valence-electron chi connectivity index (χ0n) is 11.0. The van der Waals surface area contributed by atoms with E-state index in [-0.39, 0.29) is 11.4 Å². The lowest BCUT2D eigenvalue weighted by molar-refractivity contribution is -0.137. The Labute approximate surface area is 121 Å². The van der Waals surface area contributed by atoms with Crippen molar-refractivity contribution < 1.29 is 18.3 Å². The van der Waals surface area contributed by atoms with Crippen LogP contribution < -0.4 is 5.56 Å². The number of aromatic amines is 1. The van der Waals surface area contributed by atoms with E-state index in [4.69, 9.17) is 0 Å². The van der Waals surface area contributed by atoms with Crippen LogP contribution in [0, 0.1) is 0 Å². The molecule has 0 atom stereocenters. The number of hydrogen-bond donors (Lipinski definition) is 2. The zero-order valence-corrected chi connectivity index (χ0v) is 11.0. The Balaban J connectivity index is 2.24. The molecule has 3 aromatic rings. The Morgan fingerprint density at radius 2 is 1.82 bits per heavy atom. The predicted molar refractivity (Wildman–Crippen MR) is 74.5 cm³/mol. The van der Waals surface area contributed by atoms with E-state index in [1.54, 1.807) is 24.3 Å². The van der Waals surface area contributed by atoms with Gasteiger partial charge in [-0.15, -0.1) is 0 Å².